The van der Waals surface area contributed by atoms with Gasteiger partial charge in [0.25, 0.3) is 0 Å². The van der Waals surface area contributed by atoms with Gasteiger partial charge in [-0.2, -0.15) is 0 Å². The number of carboxylic acid groups (broad SMARTS) is 1. The van der Waals surface area contributed by atoms with Crippen molar-refractivity contribution in [2.24, 2.45) is 5.92 Å². The van der Waals surface area contributed by atoms with Crippen molar-refractivity contribution in [3.8, 4) is 5.75 Å². The third-order valence-corrected chi connectivity index (χ3v) is 7.74. The Morgan fingerprint density at radius 3 is 2.37 bits per heavy atom. The minimum atomic E-state index is -1.10. The predicted octanol–water partition coefficient (Wildman–Crippen LogP) is 7.39. The number of carbonyl (C=O) groups is 2. The molecule has 5 rings (SSSR count). The van der Waals surface area contributed by atoms with Crippen LogP contribution in [0.1, 0.15) is 50.9 Å². The van der Waals surface area contributed by atoms with Crippen molar-refractivity contribution >= 4 is 40.8 Å². The lowest BCUT2D eigenvalue weighted by molar-refractivity contribution is 0.0693. The molecule has 4 aromatic rings. The fraction of sp³-hybridized carbons (Fsp3) is 0.167. The van der Waals surface area contributed by atoms with Crippen molar-refractivity contribution in [1.82, 2.24) is 4.98 Å². The Hall–Kier alpha value is -3.81. The number of halogens is 1. The highest BCUT2D eigenvalue weighted by atomic mass is 35.5. The van der Waals surface area contributed by atoms with Gasteiger partial charge in [0.1, 0.15) is 11.4 Å². The zero-order chi connectivity index (χ0) is 26.6. The maximum absolute atomic E-state index is 13.2. The Bertz CT molecular complexity index is 1450. The van der Waals surface area contributed by atoms with E-state index in [2.05, 4.69) is 10.3 Å². The molecular weight excluding hydrogens is 520 g/mol. The number of nitrogens with zero attached hydrogens (tertiary/aromatic N) is 1. The Morgan fingerprint density at radius 2 is 1.76 bits per heavy atom. The number of hydrogen-bond acceptors (Lipinski definition) is 6. The van der Waals surface area contributed by atoms with Crippen LogP contribution in [0.5, 0.6) is 5.75 Å². The molecule has 192 valence electrons. The fourth-order valence-electron chi connectivity index (χ4n) is 4.21. The SMILES string of the molecule is COc1ccc(Sc2ccc(C(=O)c3ccc(NC(c4ccc(Cl)cc4)C4CC4)cn3)cc2C(=O)O)cc1. The third kappa shape index (κ3) is 6.01. The first-order chi connectivity index (χ1) is 18.4. The minimum Gasteiger partial charge on any atom is -0.497 e. The van der Waals surface area contributed by atoms with Gasteiger partial charge in [0.15, 0.2) is 0 Å². The molecule has 1 atom stereocenters. The number of aromatic carboxylic acids is 1. The van der Waals surface area contributed by atoms with E-state index < -0.39 is 5.97 Å². The highest BCUT2D eigenvalue weighted by Crippen LogP contribution is 2.43. The van der Waals surface area contributed by atoms with Gasteiger partial charge in [0.2, 0.25) is 5.78 Å². The standard InChI is InChI=1S/C30H25ClN2O4S/c1-37-23-10-12-24(13-11-23)38-27-15-6-20(16-25(27)30(35)36)29(34)26-14-9-22(17-32-26)33-28(18-2-3-18)19-4-7-21(31)8-5-19/h4-18,28,33H,2-3H2,1H3,(H,35,36). The van der Waals surface area contributed by atoms with Crippen LogP contribution in [-0.4, -0.2) is 29.0 Å². The van der Waals surface area contributed by atoms with Crippen LogP contribution in [0.25, 0.3) is 0 Å². The number of methoxy groups -OCH3 is 1. The van der Waals surface area contributed by atoms with E-state index in [0.29, 0.717) is 15.8 Å². The summed E-state index contributed by atoms with van der Waals surface area (Å²) in [5.41, 5.74) is 2.55. The van der Waals surface area contributed by atoms with Gasteiger partial charge >= 0.3 is 5.97 Å². The van der Waals surface area contributed by atoms with E-state index in [9.17, 15) is 14.7 Å². The molecule has 0 bridgehead atoms. The molecule has 0 aliphatic heterocycles. The zero-order valence-electron chi connectivity index (χ0n) is 20.6. The first-order valence-electron chi connectivity index (χ1n) is 12.1. The number of carbonyl (C=O) groups excluding carboxylic acids is 1. The minimum absolute atomic E-state index is 0.0604. The largest absolute Gasteiger partial charge is 0.497 e. The smallest absolute Gasteiger partial charge is 0.336 e. The first-order valence-corrected chi connectivity index (χ1v) is 13.3. The number of ether oxygens (including phenoxy) is 1. The molecule has 0 amide bonds. The molecule has 1 saturated carbocycles. The summed E-state index contributed by atoms with van der Waals surface area (Å²) in [6.45, 7) is 0. The van der Waals surface area contributed by atoms with E-state index in [-0.39, 0.29) is 28.6 Å². The molecule has 8 heteroatoms. The van der Waals surface area contributed by atoms with Crippen molar-refractivity contribution in [1.29, 1.82) is 0 Å². The Balaban J connectivity index is 1.32. The van der Waals surface area contributed by atoms with E-state index >= 15 is 0 Å². The molecule has 3 aromatic carbocycles. The van der Waals surface area contributed by atoms with Gasteiger partial charge in [-0.15, -0.1) is 0 Å². The summed E-state index contributed by atoms with van der Waals surface area (Å²) in [7, 11) is 1.59. The van der Waals surface area contributed by atoms with Crippen molar-refractivity contribution < 1.29 is 19.4 Å². The number of carboxylic acids is 1. The van der Waals surface area contributed by atoms with Gasteiger partial charge < -0.3 is 15.2 Å². The van der Waals surface area contributed by atoms with Gasteiger partial charge in [-0.05, 0) is 91.1 Å². The van der Waals surface area contributed by atoms with Crippen LogP contribution >= 0.6 is 23.4 Å². The second-order valence-corrected chi connectivity index (χ2v) is 10.6. The molecule has 1 heterocycles. The first kappa shape index (κ1) is 25.8. The number of aromatic nitrogens is 1. The normalized spacial score (nSPS) is 13.5. The van der Waals surface area contributed by atoms with Gasteiger partial charge in [0, 0.05) is 20.4 Å². The van der Waals surface area contributed by atoms with E-state index in [1.807, 2.05) is 54.6 Å². The average molecular weight is 545 g/mol. The second-order valence-electron chi connectivity index (χ2n) is 9.07. The average Bonchev–Trinajstić information content (AvgIpc) is 3.78. The van der Waals surface area contributed by atoms with Crippen LogP contribution in [0.2, 0.25) is 5.02 Å². The van der Waals surface area contributed by atoms with Crippen molar-refractivity contribution in [3.05, 3.63) is 112 Å². The molecule has 1 unspecified atom stereocenters. The Labute approximate surface area is 230 Å². The summed E-state index contributed by atoms with van der Waals surface area (Å²) in [4.78, 5) is 30.9. The molecule has 1 aliphatic carbocycles. The van der Waals surface area contributed by atoms with E-state index in [4.69, 9.17) is 16.3 Å². The Morgan fingerprint density at radius 1 is 1.03 bits per heavy atom. The molecule has 38 heavy (non-hydrogen) atoms. The van der Waals surface area contributed by atoms with Crippen molar-refractivity contribution in [3.63, 3.8) is 0 Å². The van der Waals surface area contributed by atoms with Crippen LogP contribution in [0.15, 0.2) is 94.9 Å². The van der Waals surface area contributed by atoms with Crippen LogP contribution in [-0.2, 0) is 0 Å². The quantitative estimate of drug-likeness (QED) is 0.201. The van der Waals surface area contributed by atoms with Crippen LogP contribution in [0, 0.1) is 5.92 Å². The maximum Gasteiger partial charge on any atom is 0.336 e. The number of rotatable bonds is 10. The van der Waals surface area contributed by atoms with E-state index in [1.165, 1.54) is 17.8 Å². The monoisotopic (exact) mass is 544 g/mol. The second kappa shape index (κ2) is 11.3. The lowest BCUT2D eigenvalue weighted by Gasteiger charge is -2.20. The van der Waals surface area contributed by atoms with Gasteiger partial charge in [-0.1, -0.05) is 35.5 Å². The summed E-state index contributed by atoms with van der Waals surface area (Å²) in [6.07, 6.45) is 3.95. The summed E-state index contributed by atoms with van der Waals surface area (Å²) < 4.78 is 5.17. The number of nitrogens with one attached hydrogen (secondary N) is 1. The number of hydrogen-bond donors (Lipinski definition) is 2. The molecule has 2 N–H and O–H groups in total. The molecule has 6 nitrogen and oxygen atoms in total. The van der Waals surface area contributed by atoms with E-state index in [0.717, 1.165) is 34.7 Å². The van der Waals surface area contributed by atoms with Crippen LogP contribution in [0.3, 0.4) is 0 Å². The van der Waals surface area contributed by atoms with Crippen LogP contribution in [0.4, 0.5) is 5.69 Å². The third-order valence-electron chi connectivity index (χ3n) is 6.40. The van der Waals surface area contributed by atoms with Crippen molar-refractivity contribution in [2.75, 3.05) is 12.4 Å². The maximum atomic E-state index is 13.2. The van der Waals surface area contributed by atoms with Gasteiger partial charge in [-0.3, -0.25) is 9.78 Å². The molecule has 0 saturated heterocycles. The topological polar surface area (TPSA) is 88.5 Å². The molecule has 0 radical (unpaired) electrons. The predicted molar refractivity (Wildman–Crippen MR) is 149 cm³/mol. The molecule has 1 aromatic heterocycles. The lowest BCUT2D eigenvalue weighted by Crippen LogP contribution is -2.13. The molecule has 1 fully saturated rings. The molecular formula is C30H25ClN2O4S. The fourth-order valence-corrected chi connectivity index (χ4v) is 5.26. The van der Waals surface area contributed by atoms with Crippen molar-refractivity contribution in [2.45, 2.75) is 28.7 Å². The lowest BCUT2D eigenvalue weighted by atomic mass is 10.0. The molecule has 0 spiro atoms. The number of anilines is 1. The summed E-state index contributed by atoms with van der Waals surface area (Å²) in [6, 6.07) is 23.5. The van der Waals surface area contributed by atoms with E-state index in [1.54, 1.807) is 31.5 Å². The zero-order valence-corrected chi connectivity index (χ0v) is 22.1. The molecule has 1 aliphatic rings. The highest BCUT2D eigenvalue weighted by molar-refractivity contribution is 7.99. The highest BCUT2D eigenvalue weighted by Gasteiger charge is 2.32. The summed E-state index contributed by atoms with van der Waals surface area (Å²) in [5.74, 6) is -0.176. The van der Waals surface area contributed by atoms with Gasteiger partial charge in [-0.25, -0.2) is 4.79 Å². The number of benzene rings is 3. The number of ketones is 1. The van der Waals surface area contributed by atoms with Gasteiger partial charge in [0.05, 0.1) is 30.6 Å². The summed E-state index contributed by atoms with van der Waals surface area (Å²) >= 11 is 7.36. The Kier molecular flexibility index (Phi) is 7.67. The van der Waals surface area contributed by atoms with Crippen LogP contribution < -0.4 is 10.1 Å². The summed E-state index contributed by atoms with van der Waals surface area (Å²) in [5, 5.41) is 14.0. The number of pyridine rings is 1.